The first kappa shape index (κ1) is 13.5. The minimum absolute atomic E-state index is 0.00203. The average molecular weight is 261 g/mol. The Morgan fingerprint density at radius 3 is 2.84 bits per heavy atom. The highest BCUT2D eigenvalue weighted by molar-refractivity contribution is 5.96. The second-order valence-corrected chi connectivity index (χ2v) is 4.85. The molecule has 19 heavy (non-hydrogen) atoms. The number of rotatable bonds is 4. The molecule has 5 nitrogen and oxygen atoms in total. The van der Waals surface area contributed by atoms with Gasteiger partial charge in [0.15, 0.2) is 0 Å². The Hall–Kier alpha value is -1.91. The Morgan fingerprint density at radius 2 is 2.21 bits per heavy atom. The van der Waals surface area contributed by atoms with Crippen molar-refractivity contribution in [1.82, 2.24) is 15.2 Å². The molecule has 102 valence electrons. The molecule has 2 unspecified atom stereocenters. The van der Waals surface area contributed by atoms with Crippen LogP contribution in [0.2, 0.25) is 0 Å². The van der Waals surface area contributed by atoms with E-state index in [-0.39, 0.29) is 17.9 Å². The molecule has 2 amide bonds. The maximum absolute atomic E-state index is 12.4. The normalized spacial score (nSPS) is 23.4. The number of carbonyl (C=O) groups is 2. The Bertz CT molecular complexity index is 461. The molecule has 1 aromatic rings. The monoisotopic (exact) mass is 261 g/mol. The van der Waals surface area contributed by atoms with Gasteiger partial charge in [-0.1, -0.05) is 19.4 Å². The van der Waals surface area contributed by atoms with Crippen molar-refractivity contribution >= 4 is 11.8 Å². The number of nitrogens with zero attached hydrogens (tertiary/aromatic N) is 2. The fourth-order valence-electron chi connectivity index (χ4n) is 2.27. The van der Waals surface area contributed by atoms with E-state index in [9.17, 15) is 9.59 Å². The maximum atomic E-state index is 12.4. The smallest absolute Gasteiger partial charge is 0.246 e. The molecule has 1 fully saturated rings. The summed E-state index contributed by atoms with van der Waals surface area (Å²) in [7, 11) is 0. The number of aromatic nitrogens is 1. The molecule has 5 heteroatoms. The zero-order chi connectivity index (χ0) is 13.8. The topological polar surface area (TPSA) is 62.3 Å². The number of hydrogen-bond acceptors (Lipinski definition) is 3. The van der Waals surface area contributed by atoms with Crippen molar-refractivity contribution in [1.29, 1.82) is 0 Å². The largest absolute Gasteiger partial charge is 0.343 e. The van der Waals surface area contributed by atoms with Crippen LogP contribution in [0.3, 0.4) is 0 Å². The second kappa shape index (κ2) is 5.82. The molecular formula is C14H19N3O2. The van der Waals surface area contributed by atoms with Crippen LogP contribution in [0.4, 0.5) is 0 Å². The number of amides is 2. The van der Waals surface area contributed by atoms with Gasteiger partial charge in [0.1, 0.15) is 12.1 Å². The summed E-state index contributed by atoms with van der Waals surface area (Å²) in [5.41, 5.74) is 0.938. The number of pyridine rings is 1. The number of hydrogen-bond donors (Lipinski definition) is 1. The Morgan fingerprint density at radius 1 is 1.42 bits per heavy atom. The van der Waals surface area contributed by atoms with Crippen molar-refractivity contribution < 1.29 is 9.59 Å². The van der Waals surface area contributed by atoms with Crippen molar-refractivity contribution in [3.05, 3.63) is 30.1 Å². The first-order valence-electron chi connectivity index (χ1n) is 6.63. The van der Waals surface area contributed by atoms with E-state index in [1.807, 2.05) is 19.1 Å². The molecule has 2 heterocycles. The van der Waals surface area contributed by atoms with Crippen LogP contribution in [0.25, 0.3) is 0 Å². The van der Waals surface area contributed by atoms with Gasteiger partial charge < -0.3 is 10.2 Å². The summed E-state index contributed by atoms with van der Waals surface area (Å²) in [6, 6.07) is 2.93. The quantitative estimate of drug-likeness (QED) is 0.882. The van der Waals surface area contributed by atoms with Crippen LogP contribution < -0.4 is 5.32 Å². The third-order valence-electron chi connectivity index (χ3n) is 3.40. The molecular weight excluding hydrogens is 242 g/mol. The highest BCUT2D eigenvalue weighted by Gasteiger charge is 2.37. The average Bonchev–Trinajstić information content (AvgIpc) is 2.42. The molecule has 1 N–H and O–H groups in total. The third-order valence-corrected chi connectivity index (χ3v) is 3.40. The fraction of sp³-hybridized carbons (Fsp3) is 0.500. The van der Waals surface area contributed by atoms with Crippen LogP contribution in [-0.4, -0.2) is 33.8 Å². The maximum Gasteiger partial charge on any atom is 0.246 e. The zero-order valence-electron chi connectivity index (χ0n) is 11.3. The summed E-state index contributed by atoms with van der Waals surface area (Å²) in [6.07, 6.45) is 4.96. The Labute approximate surface area is 113 Å². The van der Waals surface area contributed by atoms with Crippen LogP contribution in [-0.2, 0) is 16.1 Å². The Kier molecular flexibility index (Phi) is 4.14. The Balaban J connectivity index is 2.16. The molecule has 1 saturated heterocycles. The van der Waals surface area contributed by atoms with Gasteiger partial charge in [-0.05, 0) is 25.0 Å². The fourth-order valence-corrected chi connectivity index (χ4v) is 2.27. The standard InChI is InChI=1S/C14H19N3O2/c1-3-5-12-14(19)17(10(2)13(18)16-12)9-11-6-4-7-15-8-11/h4,6-8,10,12H,3,5,9H2,1-2H3,(H,16,18). The van der Waals surface area contributed by atoms with Crippen LogP contribution in [0.15, 0.2) is 24.5 Å². The lowest BCUT2D eigenvalue weighted by Gasteiger charge is -2.37. The third kappa shape index (κ3) is 2.92. The van der Waals surface area contributed by atoms with Crippen molar-refractivity contribution in [2.24, 2.45) is 0 Å². The van der Waals surface area contributed by atoms with Crippen LogP contribution >= 0.6 is 0 Å². The lowest BCUT2D eigenvalue weighted by molar-refractivity contribution is -0.149. The summed E-state index contributed by atoms with van der Waals surface area (Å²) in [6.45, 7) is 4.19. The minimum atomic E-state index is -0.430. The minimum Gasteiger partial charge on any atom is -0.343 e. The highest BCUT2D eigenvalue weighted by atomic mass is 16.2. The van der Waals surface area contributed by atoms with E-state index in [4.69, 9.17) is 0 Å². The van der Waals surface area contributed by atoms with E-state index in [1.54, 1.807) is 24.2 Å². The molecule has 0 saturated carbocycles. The predicted molar refractivity (Wildman–Crippen MR) is 71.1 cm³/mol. The van der Waals surface area contributed by atoms with Crippen LogP contribution in [0.1, 0.15) is 32.3 Å². The van der Waals surface area contributed by atoms with Crippen LogP contribution in [0, 0.1) is 0 Å². The van der Waals surface area contributed by atoms with Crippen molar-refractivity contribution in [2.45, 2.75) is 45.3 Å². The van der Waals surface area contributed by atoms with E-state index in [2.05, 4.69) is 10.3 Å². The second-order valence-electron chi connectivity index (χ2n) is 4.85. The molecule has 1 aliphatic heterocycles. The number of carbonyl (C=O) groups excluding carboxylic acids is 2. The van der Waals surface area contributed by atoms with E-state index in [1.165, 1.54) is 0 Å². The lowest BCUT2D eigenvalue weighted by atomic mass is 10.0. The summed E-state index contributed by atoms with van der Waals surface area (Å²) in [5, 5.41) is 2.79. The SMILES string of the molecule is CCCC1NC(=O)C(C)N(Cc2cccnc2)C1=O. The van der Waals surface area contributed by atoms with Gasteiger partial charge >= 0.3 is 0 Å². The summed E-state index contributed by atoms with van der Waals surface area (Å²) >= 11 is 0. The first-order chi connectivity index (χ1) is 9.13. The van der Waals surface area contributed by atoms with E-state index < -0.39 is 6.04 Å². The molecule has 2 atom stereocenters. The van der Waals surface area contributed by atoms with Gasteiger partial charge in [-0.15, -0.1) is 0 Å². The molecule has 1 aliphatic rings. The summed E-state index contributed by atoms with van der Waals surface area (Å²) < 4.78 is 0. The molecule has 0 aliphatic carbocycles. The van der Waals surface area contributed by atoms with Crippen molar-refractivity contribution in [3.8, 4) is 0 Å². The molecule has 0 bridgehead atoms. The van der Waals surface area contributed by atoms with Gasteiger partial charge in [-0.2, -0.15) is 0 Å². The van der Waals surface area contributed by atoms with Gasteiger partial charge in [0, 0.05) is 18.9 Å². The molecule has 2 rings (SSSR count). The summed E-state index contributed by atoms with van der Waals surface area (Å²) in [5.74, 6) is -0.0836. The zero-order valence-corrected chi connectivity index (χ0v) is 11.3. The van der Waals surface area contributed by atoms with Crippen molar-refractivity contribution in [2.75, 3.05) is 0 Å². The van der Waals surface area contributed by atoms with E-state index >= 15 is 0 Å². The highest BCUT2D eigenvalue weighted by Crippen LogP contribution is 2.16. The first-order valence-corrected chi connectivity index (χ1v) is 6.63. The van der Waals surface area contributed by atoms with Gasteiger partial charge in [0.2, 0.25) is 11.8 Å². The van der Waals surface area contributed by atoms with Gasteiger partial charge in [0.25, 0.3) is 0 Å². The molecule has 0 radical (unpaired) electrons. The van der Waals surface area contributed by atoms with Gasteiger partial charge in [-0.25, -0.2) is 0 Å². The van der Waals surface area contributed by atoms with E-state index in [0.29, 0.717) is 13.0 Å². The van der Waals surface area contributed by atoms with E-state index in [0.717, 1.165) is 12.0 Å². The number of piperazine rings is 1. The van der Waals surface area contributed by atoms with Crippen molar-refractivity contribution in [3.63, 3.8) is 0 Å². The van der Waals surface area contributed by atoms with Gasteiger partial charge in [-0.3, -0.25) is 14.6 Å². The summed E-state index contributed by atoms with van der Waals surface area (Å²) in [4.78, 5) is 29.9. The lowest BCUT2D eigenvalue weighted by Crippen LogP contribution is -2.61. The molecule has 1 aromatic heterocycles. The molecule has 0 aromatic carbocycles. The molecule has 0 spiro atoms. The number of nitrogens with one attached hydrogen (secondary N) is 1. The van der Waals surface area contributed by atoms with Crippen LogP contribution in [0.5, 0.6) is 0 Å². The van der Waals surface area contributed by atoms with Gasteiger partial charge in [0.05, 0.1) is 0 Å². The predicted octanol–water partition coefficient (Wildman–Crippen LogP) is 1.10.